The number of halogens is 3. The molecule has 0 spiro atoms. The van der Waals surface area contributed by atoms with Crippen molar-refractivity contribution in [3.05, 3.63) is 29.3 Å². The van der Waals surface area contributed by atoms with Gasteiger partial charge in [-0.1, -0.05) is 0 Å². The summed E-state index contributed by atoms with van der Waals surface area (Å²) in [4.78, 5) is 0. The molecule has 0 N–H and O–H groups in total. The maximum Gasteiger partial charge on any atom is 0.190 e. The first-order chi connectivity index (χ1) is 9.20. The lowest BCUT2D eigenvalue weighted by Crippen LogP contribution is -2.08. The minimum Gasteiger partial charge on any atom is -0.488 e. The van der Waals surface area contributed by atoms with Crippen LogP contribution in [0.3, 0.4) is 0 Å². The highest BCUT2D eigenvalue weighted by atomic mass is 35.5. The average molecular weight is 291 g/mol. The Morgan fingerprint density at radius 3 is 2.63 bits per heavy atom. The van der Waals surface area contributed by atoms with Crippen LogP contribution in [0.15, 0.2) is 12.1 Å². The van der Waals surface area contributed by atoms with Crippen molar-refractivity contribution in [1.82, 2.24) is 0 Å². The summed E-state index contributed by atoms with van der Waals surface area (Å²) in [5.41, 5.74) is 0.406. The molecule has 0 aromatic heterocycles. The predicted octanol–water partition coefficient (Wildman–Crippen LogP) is 4.04. The van der Waals surface area contributed by atoms with E-state index < -0.39 is 11.6 Å². The fourth-order valence-electron chi connectivity index (χ4n) is 2.18. The van der Waals surface area contributed by atoms with Crippen LogP contribution < -0.4 is 4.74 Å². The van der Waals surface area contributed by atoms with Crippen molar-refractivity contribution in [3.8, 4) is 5.75 Å². The smallest absolute Gasteiger partial charge is 0.190 e. The second-order valence-electron chi connectivity index (χ2n) is 4.65. The Labute approximate surface area is 116 Å². The molecule has 5 heteroatoms. The molecule has 0 radical (unpaired) electrons. The molecule has 1 atom stereocenters. The van der Waals surface area contributed by atoms with Gasteiger partial charge in [-0.25, -0.2) is 8.78 Å². The minimum atomic E-state index is -0.701. The Bertz CT molecular complexity index is 397. The van der Waals surface area contributed by atoms with Crippen LogP contribution in [0.5, 0.6) is 5.75 Å². The molecule has 1 aromatic rings. The van der Waals surface area contributed by atoms with Gasteiger partial charge in [-0.05, 0) is 43.4 Å². The lowest BCUT2D eigenvalue weighted by Gasteiger charge is -2.11. The number of hydrogen-bond acceptors (Lipinski definition) is 2. The van der Waals surface area contributed by atoms with E-state index in [9.17, 15) is 8.78 Å². The summed E-state index contributed by atoms with van der Waals surface area (Å²) >= 11 is 5.53. The Morgan fingerprint density at radius 2 is 2.05 bits per heavy atom. The van der Waals surface area contributed by atoms with E-state index in [1.54, 1.807) is 0 Å². The fourth-order valence-corrected chi connectivity index (χ4v) is 2.34. The molecular weight excluding hydrogens is 274 g/mol. The van der Waals surface area contributed by atoms with Crippen LogP contribution in [0.25, 0.3) is 0 Å². The van der Waals surface area contributed by atoms with Crippen molar-refractivity contribution in [2.24, 2.45) is 0 Å². The minimum absolute atomic E-state index is 0.0765. The molecule has 1 heterocycles. The lowest BCUT2D eigenvalue weighted by molar-refractivity contribution is 0.0977. The van der Waals surface area contributed by atoms with Gasteiger partial charge in [-0.3, -0.25) is 0 Å². The molecule has 1 aromatic carbocycles. The zero-order valence-corrected chi connectivity index (χ0v) is 11.4. The molecule has 1 aliphatic heterocycles. The van der Waals surface area contributed by atoms with Crippen LogP contribution in [0.1, 0.15) is 31.2 Å². The Hall–Kier alpha value is -0.870. The van der Waals surface area contributed by atoms with Gasteiger partial charge in [-0.2, -0.15) is 0 Å². The zero-order valence-electron chi connectivity index (χ0n) is 10.6. The van der Waals surface area contributed by atoms with E-state index in [1.165, 1.54) is 12.1 Å². The predicted molar refractivity (Wildman–Crippen MR) is 69.6 cm³/mol. The third-order valence-electron chi connectivity index (χ3n) is 3.15. The molecule has 1 aliphatic rings. The van der Waals surface area contributed by atoms with Crippen molar-refractivity contribution >= 4 is 11.6 Å². The van der Waals surface area contributed by atoms with Crippen molar-refractivity contribution in [1.29, 1.82) is 0 Å². The largest absolute Gasteiger partial charge is 0.488 e. The summed E-state index contributed by atoms with van der Waals surface area (Å²) in [6, 6.07) is 2.40. The van der Waals surface area contributed by atoms with Crippen molar-refractivity contribution in [3.63, 3.8) is 0 Å². The van der Waals surface area contributed by atoms with E-state index >= 15 is 0 Å². The van der Waals surface area contributed by atoms with Gasteiger partial charge in [0.15, 0.2) is 17.4 Å². The molecule has 106 valence electrons. The van der Waals surface area contributed by atoms with Crippen LogP contribution in [-0.2, 0) is 10.6 Å². The van der Waals surface area contributed by atoms with Crippen LogP contribution in [0.4, 0.5) is 8.78 Å². The molecule has 2 rings (SSSR count). The van der Waals surface area contributed by atoms with Gasteiger partial charge in [0.25, 0.3) is 0 Å². The quantitative estimate of drug-likeness (QED) is 0.581. The number of benzene rings is 1. The second-order valence-corrected chi connectivity index (χ2v) is 4.92. The third-order valence-corrected chi connectivity index (χ3v) is 3.46. The maximum absolute atomic E-state index is 13.6. The molecule has 0 aliphatic carbocycles. The highest BCUT2D eigenvalue weighted by Crippen LogP contribution is 2.24. The van der Waals surface area contributed by atoms with Gasteiger partial charge in [0.05, 0.1) is 12.7 Å². The molecule has 1 unspecified atom stereocenters. The number of alkyl halides is 1. The average Bonchev–Trinajstić information content (AvgIpc) is 2.89. The Balaban J connectivity index is 1.81. The van der Waals surface area contributed by atoms with E-state index in [0.29, 0.717) is 5.56 Å². The molecule has 1 fully saturated rings. The number of hydrogen-bond donors (Lipinski definition) is 0. The first kappa shape index (κ1) is 14.5. The lowest BCUT2D eigenvalue weighted by atomic mass is 10.1. The van der Waals surface area contributed by atoms with Gasteiger partial charge in [-0.15, -0.1) is 11.6 Å². The standard InChI is InChI=1S/C14H17ClF2O2/c15-9-10-7-12(16)14(13(17)8-10)19-6-2-4-11-3-1-5-18-11/h7-8,11H,1-6,9H2. The summed E-state index contributed by atoms with van der Waals surface area (Å²) in [6.45, 7) is 1.10. The van der Waals surface area contributed by atoms with Gasteiger partial charge in [0.1, 0.15) is 0 Å². The van der Waals surface area contributed by atoms with Gasteiger partial charge >= 0.3 is 0 Å². The molecule has 0 amide bonds. The first-order valence-corrected chi connectivity index (χ1v) is 7.02. The molecular formula is C14H17ClF2O2. The van der Waals surface area contributed by atoms with Gasteiger partial charge < -0.3 is 9.47 Å². The molecule has 0 saturated carbocycles. The SMILES string of the molecule is Fc1cc(CCl)cc(F)c1OCCCC1CCCO1. The Morgan fingerprint density at radius 1 is 1.32 bits per heavy atom. The normalized spacial score (nSPS) is 18.8. The molecule has 2 nitrogen and oxygen atoms in total. The van der Waals surface area contributed by atoms with E-state index in [0.717, 1.165) is 32.3 Å². The fraction of sp³-hybridized carbons (Fsp3) is 0.571. The number of ether oxygens (including phenoxy) is 2. The zero-order chi connectivity index (χ0) is 13.7. The number of rotatable bonds is 6. The maximum atomic E-state index is 13.6. The van der Waals surface area contributed by atoms with Gasteiger partial charge in [0, 0.05) is 12.5 Å². The van der Waals surface area contributed by atoms with Gasteiger partial charge in [0.2, 0.25) is 0 Å². The molecule has 1 saturated heterocycles. The van der Waals surface area contributed by atoms with Crippen molar-refractivity contribution in [2.45, 2.75) is 37.7 Å². The molecule has 19 heavy (non-hydrogen) atoms. The van der Waals surface area contributed by atoms with Crippen molar-refractivity contribution in [2.75, 3.05) is 13.2 Å². The topological polar surface area (TPSA) is 18.5 Å². The third kappa shape index (κ3) is 4.05. The van der Waals surface area contributed by atoms with Crippen LogP contribution in [0.2, 0.25) is 0 Å². The van der Waals surface area contributed by atoms with E-state index in [2.05, 4.69) is 0 Å². The summed E-state index contributed by atoms with van der Waals surface area (Å²) in [6.07, 6.45) is 4.02. The first-order valence-electron chi connectivity index (χ1n) is 6.49. The second kappa shape index (κ2) is 7.06. The van der Waals surface area contributed by atoms with E-state index in [-0.39, 0.29) is 24.3 Å². The van der Waals surface area contributed by atoms with Crippen LogP contribution in [-0.4, -0.2) is 19.3 Å². The summed E-state index contributed by atoms with van der Waals surface area (Å²) < 4.78 is 37.8. The van der Waals surface area contributed by atoms with Crippen LogP contribution >= 0.6 is 11.6 Å². The monoisotopic (exact) mass is 290 g/mol. The van der Waals surface area contributed by atoms with Crippen LogP contribution in [0, 0.1) is 11.6 Å². The molecule has 0 bridgehead atoms. The summed E-state index contributed by atoms with van der Waals surface area (Å²) in [7, 11) is 0. The summed E-state index contributed by atoms with van der Waals surface area (Å²) in [5, 5.41) is 0. The van der Waals surface area contributed by atoms with Crippen molar-refractivity contribution < 1.29 is 18.3 Å². The van der Waals surface area contributed by atoms with E-state index in [1.807, 2.05) is 0 Å². The highest BCUT2D eigenvalue weighted by Gasteiger charge is 2.16. The highest BCUT2D eigenvalue weighted by molar-refractivity contribution is 6.17. The Kier molecular flexibility index (Phi) is 5.40. The van der Waals surface area contributed by atoms with E-state index in [4.69, 9.17) is 21.1 Å². The summed E-state index contributed by atoms with van der Waals surface area (Å²) in [5.74, 6) is -1.64.